The van der Waals surface area contributed by atoms with Gasteiger partial charge in [0.1, 0.15) is 5.82 Å². The summed E-state index contributed by atoms with van der Waals surface area (Å²) in [5.74, 6) is -1.41. The summed E-state index contributed by atoms with van der Waals surface area (Å²) < 4.78 is 23.6. The summed E-state index contributed by atoms with van der Waals surface area (Å²) in [5.41, 5.74) is 4.45. The van der Waals surface area contributed by atoms with Crippen LogP contribution < -0.4 is 21.9 Å². The number of nitrogens with zero attached hydrogens (tertiary/aromatic N) is 2. The van der Waals surface area contributed by atoms with Crippen LogP contribution in [0.15, 0.2) is 38.8 Å². The Kier molecular flexibility index (Phi) is 9.75. The molecule has 2 aromatic rings. The minimum atomic E-state index is -1.40. The van der Waals surface area contributed by atoms with Gasteiger partial charge in [0.2, 0.25) is 0 Å². The van der Waals surface area contributed by atoms with Gasteiger partial charge in [-0.2, -0.15) is 0 Å². The quantitative estimate of drug-likeness (QED) is 0.434. The number of methoxy groups -OCH3 is 1. The molecule has 0 aliphatic rings. The average molecular weight is 495 g/mol. The van der Waals surface area contributed by atoms with Crippen molar-refractivity contribution in [2.45, 2.75) is 32.2 Å². The zero-order chi connectivity index (χ0) is 25.4. The standard InChI is InChI=1S/C22H30N4O7S/c1-5-34(31)16-9-7-6-8-15(16)21(29)33-13-17(27)25(10-11-32-4)18-19(23)26(12-14(2)3)22(30)24-20(18)28/h6-9,14H,5,10-13,23H2,1-4H3,(H,24,28,30)/t34-/m1/s1. The molecule has 1 atom stereocenters. The Morgan fingerprint density at radius 2 is 1.91 bits per heavy atom. The van der Waals surface area contributed by atoms with Crippen LogP contribution in [0.3, 0.4) is 0 Å². The summed E-state index contributed by atoms with van der Waals surface area (Å²) >= 11 is 0. The van der Waals surface area contributed by atoms with Crippen molar-refractivity contribution in [1.82, 2.24) is 9.55 Å². The molecular formula is C22H30N4O7S. The number of nitrogens with two attached hydrogens (primary N) is 1. The number of nitrogens with one attached hydrogen (secondary N) is 1. The second-order valence-corrected chi connectivity index (χ2v) is 9.45. The van der Waals surface area contributed by atoms with Crippen molar-refractivity contribution in [2.24, 2.45) is 5.92 Å². The molecule has 0 spiro atoms. The van der Waals surface area contributed by atoms with Crippen LogP contribution in [0.5, 0.6) is 0 Å². The van der Waals surface area contributed by atoms with Crippen LogP contribution in [0.2, 0.25) is 0 Å². The number of hydrogen-bond donors (Lipinski definition) is 2. The second-order valence-electron chi connectivity index (χ2n) is 7.74. The van der Waals surface area contributed by atoms with Crippen LogP contribution in [-0.4, -0.2) is 58.3 Å². The van der Waals surface area contributed by atoms with Crippen LogP contribution in [0.25, 0.3) is 0 Å². The fourth-order valence-corrected chi connectivity index (χ4v) is 4.14. The van der Waals surface area contributed by atoms with Crippen LogP contribution in [0, 0.1) is 5.92 Å². The van der Waals surface area contributed by atoms with E-state index in [4.69, 9.17) is 15.2 Å². The Bertz CT molecular complexity index is 1170. The molecule has 0 aliphatic heterocycles. The Morgan fingerprint density at radius 3 is 2.53 bits per heavy atom. The molecule has 1 aromatic heterocycles. The van der Waals surface area contributed by atoms with Gasteiger partial charge >= 0.3 is 11.7 Å². The first-order chi connectivity index (χ1) is 16.1. The average Bonchev–Trinajstić information content (AvgIpc) is 2.81. The lowest BCUT2D eigenvalue weighted by Gasteiger charge is -2.24. The fourth-order valence-electron chi connectivity index (χ4n) is 3.20. The van der Waals surface area contributed by atoms with Gasteiger partial charge in [-0.05, 0) is 18.1 Å². The van der Waals surface area contributed by atoms with E-state index >= 15 is 0 Å². The summed E-state index contributed by atoms with van der Waals surface area (Å²) in [6, 6.07) is 6.26. The van der Waals surface area contributed by atoms with E-state index in [0.717, 1.165) is 4.90 Å². The zero-order valence-electron chi connectivity index (χ0n) is 19.7. The number of hydrogen-bond acceptors (Lipinski definition) is 8. The molecule has 1 heterocycles. The molecule has 0 saturated carbocycles. The maximum absolute atomic E-state index is 13.0. The van der Waals surface area contributed by atoms with Crippen molar-refractivity contribution in [3.63, 3.8) is 0 Å². The van der Waals surface area contributed by atoms with Gasteiger partial charge in [0, 0.05) is 26.0 Å². The maximum Gasteiger partial charge on any atom is 0.339 e. The van der Waals surface area contributed by atoms with Crippen LogP contribution in [0.4, 0.5) is 11.5 Å². The minimum Gasteiger partial charge on any atom is -0.452 e. The summed E-state index contributed by atoms with van der Waals surface area (Å²) in [7, 11) is 0.0145. The number of H-pyrrole nitrogens is 1. The highest BCUT2D eigenvalue weighted by molar-refractivity contribution is 7.85. The number of amides is 1. The van der Waals surface area contributed by atoms with Gasteiger partial charge in [0.25, 0.3) is 11.5 Å². The molecule has 0 saturated heterocycles. The number of aromatic nitrogens is 2. The first kappa shape index (κ1) is 27.0. The molecule has 186 valence electrons. The lowest BCUT2D eigenvalue weighted by atomic mass is 10.2. The van der Waals surface area contributed by atoms with Crippen molar-refractivity contribution in [3.05, 3.63) is 50.7 Å². The molecule has 0 unspecified atom stereocenters. The fraction of sp³-hybridized carbons (Fsp3) is 0.455. The predicted molar refractivity (Wildman–Crippen MR) is 128 cm³/mol. The second kappa shape index (κ2) is 12.3. The molecule has 0 radical (unpaired) electrons. The third-order valence-electron chi connectivity index (χ3n) is 4.79. The van der Waals surface area contributed by atoms with Gasteiger partial charge in [-0.1, -0.05) is 32.9 Å². The molecule has 3 N–H and O–H groups in total. The third kappa shape index (κ3) is 6.41. The van der Waals surface area contributed by atoms with E-state index in [1.54, 1.807) is 25.1 Å². The number of anilines is 2. The van der Waals surface area contributed by atoms with Crippen molar-refractivity contribution in [2.75, 3.05) is 43.3 Å². The van der Waals surface area contributed by atoms with Crippen LogP contribution >= 0.6 is 0 Å². The van der Waals surface area contributed by atoms with Gasteiger partial charge in [-0.25, -0.2) is 9.59 Å². The van der Waals surface area contributed by atoms with Crippen molar-refractivity contribution in [1.29, 1.82) is 0 Å². The first-order valence-corrected chi connectivity index (χ1v) is 12.0. The first-order valence-electron chi connectivity index (χ1n) is 10.7. The molecule has 0 bridgehead atoms. The smallest absolute Gasteiger partial charge is 0.339 e. The minimum absolute atomic E-state index is 0.0385. The largest absolute Gasteiger partial charge is 0.452 e. The van der Waals surface area contributed by atoms with E-state index < -0.39 is 40.5 Å². The number of rotatable bonds is 11. The molecule has 12 heteroatoms. The van der Waals surface area contributed by atoms with E-state index in [-0.39, 0.29) is 42.7 Å². The van der Waals surface area contributed by atoms with Gasteiger partial charge < -0.3 is 15.2 Å². The van der Waals surface area contributed by atoms with Crippen molar-refractivity contribution in [3.8, 4) is 0 Å². The number of esters is 1. The highest BCUT2D eigenvalue weighted by Crippen LogP contribution is 2.19. The lowest BCUT2D eigenvalue weighted by Crippen LogP contribution is -2.44. The molecule has 34 heavy (non-hydrogen) atoms. The maximum atomic E-state index is 13.0. The Morgan fingerprint density at radius 1 is 1.24 bits per heavy atom. The number of benzene rings is 1. The number of carbonyl (C=O) groups excluding carboxylic acids is 2. The van der Waals surface area contributed by atoms with Gasteiger partial charge in [-0.15, -0.1) is 0 Å². The topological polar surface area (TPSA) is 154 Å². The van der Waals surface area contributed by atoms with E-state index in [1.165, 1.54) is 17.7 Å². The molecule has 0 fully saturated rings. The summed E-state index contributed by atoms with van der Waals surface area (Å²) in [6.07, 6.45) is 0. The van der Waals surface area contributed by atoms with Crippen LogP contribution in [-0.2, 0) is 31.6 Å². The Balaban J connectivity index is 2.35. The molecule has 1 aromatic carbocycles. The number of nitrogen functional groups attached to an aromatic ring is 1. The van der Waals surface area contributed by atoms with Gasteiger partial charge in [0.05, 0.1) is 27.9 Å². The monoisotopic (exact) mass is 494 g/mol. The molecule has 11 nitrogen and oxygen atoms in total. The summed E-state index contributed by atoms with van der Waals surface area (Å²) in [5, 5.41) is 0. The number of ether oxygens (including phenoxy) is 2. The summed E-state index contributed by atoms with van der Waals surface area (Å²) in [6.45, 7) is 4.95. The SMILES string of the molecule is CC[S@@](=O)c1ccccc1C(=O)OCC(=O)N(CCOC)c1c(N)n(CC(C)C)c(=O)[nH]c1=O. The van der Waals surface area contributed by atoms with Crippen LogP contribution in [0.1, 0.15) is 31.1 Å². The summed E-state index contributed by atoms with van der Waals surface area (Å²) in [4.78, 5) is 54.0. The van der Waals surface area contributed by atoms with E-state index in [2.05, 4.69) is 4.98 Å². The highest BCUT2D eigenvalue weighted by atomic mass is 32.2. The predicted octanol–water partition coefficient (Wildman–Crippen LogP) is 0.739. The molecule has 1 amide bonds. The molecule has 2 rings (SSSR count). The van der Waals surface area contributed by atoms with E-state index in [1.807, 2.05) is 13.8 Å². The Labute approximate surface area is 199 Å². The third-order valence-corrected chi connectivity index (χ3v) is 6.16. The highest BCUT2D eigenvalue weighted by Gasteiger charge is 2.26. The normalized spacial score (nSPS) is 11.9. The Hall–Kier alpha value is -3.25. The van der Waals surface area contributed by atoms with Gasteiger partial charge in [0.15, 0.2) is 12.3 Å². The molecular weight excluding hydrogens is 464 g/mol. The number of carbonyl (C=O) groups is 2. The zero-order valence-corrected chi connectivity index (χ0v) is 20.5. The van der Waals surface area contributed by atoms with E-state index in [9.17, 15) is 23.4 Å². The van der Waals surface area contributed by atoms with Gasteiger partial charge in [-0.3, -0.25) is 28.2 Å². The van der Waals surface area contributed by atoms with Crippen molar-refractivity contribution < 1.29 is 23.3 Å². The van der Waals surface area contributed by atoms with Crippen molar-refractivity contribution >= 4 is 34.2 Å². The van der Waals surface area contributed by atoms with E-state index in [0.29, 0.717) is 10.6 Å². The lowest BCUT2D eigenvalue weighted by molar-refractivity contribution is -0.121. The molecule has 0 aliphatic carbocycles. The number of aromatic amines is 1.